The minimum Gasteiger partial charge on any atom is -0.488 e. The van der Waals surface area contributed by atoms with Gasteiger partial charge in [-0.05, 0) is 35.9 Å². The quantitative estimate of drug-likeness (QED) is 0.184. The van der Waals surface area contributed by atoms with Crippen LogP contribution in [0.2, 0.25) is 0 Å². The van der Waals surface area contributed by atoms with Gasteiger partial charge in [0.2, 0.25) is 0 Å². The van der Waals surface area contributed by atoms with Gasteiger partial charge >= 0.3 is 18.1 Å². The summed E-state index contributed by atoms with van der Waals surface area (Å²) in [5, 5.41) is 2.85. The van der Waals surface area contributed by atoms with Gasteiger partial charge in [-0.15, -0.1) is 0 Å². The second-order valence-electron chi connectivity index (χ2n) is 5.61. The molecule has 0 saturated heterocycles. The molecule has 0 radical (unpaired) electrons. The molecule has 0 bridgehead atoms. The third-order valence-electron chi connectivity index (χ3n) is 3.44. The first-order chi connectivity index (χ1) is 13.3. The van der Waals surface area contributed by atoms with E-state index in [2.05, 4.69) is 37.0 Å². The summed E-state index contributed by atoms with van der Waals surface area (Å²) in [5.74, 6) is -6.16. The fourth-order valence-electron chi connectivity index (χ4n) is 1.92. The molecule has 29 heavy (non-hydrogen) atoms. The SMILES string of the molecule is FC(F)(F)C(F)(F)C(F)(F)N/N=C/c1cc(Br)ccc1OCc1ccc(Br)cc1. The van der Waals surface area contributed by atoms with Gasteiger partial charge < -0.3 is 4.74 Å². The number of alkyl halides is 7. The van der Waals surface area contributed by atoms with Crippen molar-refractivity contribution in [3.05, 3.63) is 62.5 Å². The highest BCUT2D eigenvalue weighted by atomic mass is 79.9. The molecule has 12 heteroatoms. The van der Waals surface area contributed by atoms with Crippen LogP contribution in [0.5, 0.6) is 5.75 Å². The Hall–Kier alpha value is -1.82. The Labute approximate surface area is 177 Å². The van der Waals surface area contributed by atoms with Crippen LogP contribution >= 0.6 is 31.9 Å². The number of halogens is 9. The largest absolute Gasteiger partial charge is 0.488 e. The van der Waals surface area contributed by atoms with Crippen molar-refractivity contribution in [2.45, 2.75) is 24.8 Å². The molecule has 1 N–H and O–H groups in total. The molecular formula is C17H11Br2F7N2O. The molecule has 0 spiro atoms. The van der Waals surface area contributed by atoms with Crippen molar-refractivity contribution < 1.29 is 35.5 Å². The van der Waals surface area contributed by atoms with Crippen molar-refractivity contribution in [2.75, 3.05) is 0 Å². The molecule has 0 aliphatic heterocycles. The molecule has 0 fully saturated rings. The van der Waals surface area contributed by atoms with Crippen molar-refractivity contribution in [1.82, 2.24) is 5.43 Å². The molecule has 0 heterocycles. The summed E-state index contributed by atoms with van der Waals surface area (Å²) in [5.41, 5.74) is 1.41. The smallest absolute Gasteiger partial charge is 0.462 e. The van der Waals surface area contributed by atoms with Crippen molar-refractivity contribution in [1.29, 1.82) is 0 Å². The standard InChI is InChI=1S/C17H11Br2F7N2O/c18-12-3-1-10(2-4-12)9-29-14-6-5-13(19)7-11(14)8-27-28-17(25,26)15(20,21)16(22,23)24/h1-8,28H,9H2/b27-8+. The van der Waals surface area contributed by atoms with Crippen molar-refractivity contribution in [3.8, 4) is 5.75 Å². The van der Waals surface area contributed by atoms with Crippen molar-refractivity contribution in [3.63, 3.8) is 0 Å². The van der Waals surface area contributed by atoms with E-state index in [-0.39, 0.29) is 17.9 Å². The Kier molecular flexibility index (Phi) is 7.20. The van der Waals surface area contributed by atoms with Crippen LogP contribution < -0.4 is 10.2 Å². The number of hydrogen-bond acceptors (Lipinski definition) is 3. The summed E-state index contributed by atoms with van der Waals surface area (Å²) < 4.78 is 95.5. The van der Waals surface area contributed by atoms with E-state index in [1.807, 2.05) is 0 Å². The summed E-state index contributed by atoms with van der Waals surface area (Å²) in [6.45, 7) is 0.0888. The Morgan fingerprint density at radius 1 is 0.897 bits per heavy atom. The molecular weight excluding hydrogens is 541 g/mol. The topological polar surface area (TPSA) is 33.6 Å². The predicted molar refractivity (Wildman–Crippen MR) is 99.3 cm³/mol. The summed E-state index contributed by atoms with van der Waals surface area (Å²) in [4.78, 5) is 0. The van der Waals surface area contributed by atoms with E-state index < -0.39 is 18.1 Å². The maximum Gasteiger partial charge on any atom is 0.462 e. The number of rotatable bonds is 7. The maximum absolute atomic E-state index is 13.2. The number of benzene rings is 2. The Balaban J connectivity index is 2.15. The minimum atomic E-state index is -6.45. The van der Waals surface area contributed by atoms with Crippen LogP contribution in [-0.2, 0) is 6.61 Å². The van der Waals surface area contributed by atoms with E-state index >= 15 is 0 Å². The highest BCUT2D eigenvalue weighted by Crippen LogP contribution is 2.45. The summed E-state index contributed by atoms with van der Waals surface area (Å²) in [6, 6.07) is 5.80. The first kappa shape index (κ1) is 23.5. The molecule has 0 unspecified atom stereocenters. The lowest BCUT2D eigenvalue weighted by Gasteiger charge is -2.27. The molecule has 2 aromatic carbocycles. The second kappa shape index (κ2) is 8.90. The van der Waals surface area contributed by atoms with Gasteiger partial charge in [0.15, 0.2) is 0 Å². The van der Waals surface area contributed by atoms with Crippen LogP contribution in [0, 0.1) is 0 Å². The van der Waals surface area contributed by atoms with E-state index in [1.54, 1.807) is 30.3 Å². The van der Waals surface area contributed by atoms with Crippen molar-refractivity contribution >= 4 is 38.1 Å². The fourth-order valence-corrected chi connectivity index (χ4v) is 2.57. The van der Waals surface area contributed by atoms with E-state index in [0.29, 0.717) is 16.1 Å². The fraction of sp³-hybridized carbons (Fsp3) is 0.235. The highest BCUT2D eigenvalue weighted by Gasteiger charge is 2.73. The Morgan fingerprint density at radius 2 is 1.48 bits per heavy atom. The lowest BCUT2D eigenvalue weighted by atomic mass is 10.2. The zero-order valence-corrected chi connectivity index (χ0v) is 17.3. The number of hydrazone groups is 1. The Bertz CT molecular complexity index is 871. The third-order valence-corrected chi connectivity index (χ3v) is 4.46. The maximum atomic E-state index is 13.2. The number of nitrogens with zero attached hydrogens (tertiary/aromatic N) is 1. The summed E-state index contributed by atoms with van der Waals surface area (Å²) in [7, 11) is 0. The zero-order valence-electron chi connectivity index (χ0n) is 14.1. The second-order valence-corrected chi connectivity index (χ2v) is 7.45. The van der Waals surface area contributed by atoms with Gasteiger partial charge in [0.05, 0.1) is 6.21 Å². The van der Waals surface area contributed by atoms with Crippen LogP contribution in [0.3, 0.4) is 0 Å². The average molecular weight is 552 g/mol. The molecule has 158 valence electrons. The molecule has 0 aromatic heterocycles. The van der Waals surface area contributed by atoms with E-state index in [4.69, 9.17) is 4.74 Å². The summed E-state index contributed by atoms with van der Waals surface area (Å²) >= 11 is 6.41. The average Bonchev–Trinajstić information content (AvgIpc) is 2.61. The lowest BCUT2D eigenvalue weighted by molar-refractivity contribution is -0.361. The highest BCUT2D eigenvalue weighted by molar-refractivity contribution is 9.10. The van der Waals surface area contributed by atoms with Gasteiger partial charge in [0.1, 0.15) is 12.4 Å². The number of ether oxygens (including phenoxy) is 1. The molecule has 3 nitrogen and oxygen atoms in total. The third kappa shape index (κ3) is 5.84. The minimum absolute atomic E-state index is 0.0649. The number of hydrogen-bond donors (Lipinski definition) is 1. The molecule has 0 atom stereocenters. The van der Waals surface area contributed by atoms with Gasteiger partial charge in [0.25, 0.3) is 0 Å². The lowest BCUT2D eigenvalue weighted by Crippen LogP contribution is -2.58. The molecule has 0 aliphatic rings. The molecule has 0 aliphatic carbocycles. The first-order valence-corrected chi connectivity index (χ1v) is 9.21. The van der Waals surface area contributed by atoms with E-state index in [0.717, 1.165) is 10.0 Å². The van der Waals surface area contributed by atoms with Crippen LogP contribution in [0.4, 0.5) is 30.7 Å². The summed E-state index contributed by atoms with van der Waals surface area (Å²) in [6.07, 6.45) is -5.80. The van der Waals surface area contributed by atoms with Crippen LogP contribution in [0.15, 0.2) is 56.5 Å². The molecule has 2 aromatic rings. The molecule has 0 saturated carbocycles. The zero-order chi connectivity index (χ0) is 21.9. The van der Waals surface area contributed by atoms with Crippen LogP contribution in [0.1, 0.15) is 11.1 Å². The normalized spacial score (nSPS) is 13.0. The Morgan fingerprint density at radius 3 is 2.07 bits per heavy atom. The monoisotopic (exact) mass is 550 g/mol. The predicted octanol–water partition coefficient (Wildman–Crippen LogP) is 6.50. The van der Waals surface area contributed by atoms with Gasteiger partial charge in [-0.3, -0.25) is 0 Å². The molecule has 2 rings (SSSR count). The van der Waals surface area contributed by atoms with Gasteiger partial charge in [-0.2, -0.15) is 35.8 Å². The van der Waals surface area contributed by atoms with Gasteiger partial charge in [-0.1, -0.05) is 44.0 Å². The molecule has 0 amide bonds. The number of nitrogens with one attached hydrogen (secondary N) is 1. The van der Waals surface area contributed by atoms with E-state index in [9.17, 15) is 30.7 Å². The van der Waals surface area contributed by atoms with Gasteiger partial charge in [-0.25, -0.2) is 5.43 Å². The van der Waals surface area contributed by atoms with Crippen LogP contribution in [0.25, 0.3) is 0 Å². The van der Waals surface area contributed by atoms with E-state index in [1.165, 1.54) is 12.1 Å². The van der Waals surface area contributed by atoms with Gasteiger partial charge in [0, 0.05) is 14.5 Å². The van der Waals surface area contributed by atoms with Crippen molar-refractivity contribution in [2.24, 2.45) is 5.10 Å². The first-order valence-electron chi connectivity index (χ1n) is 7.63. The van der Waals surface area contributed by atoms with Crippen LogP contribution in [-0.4, -0.2) is 24.4 Å².